The van der Waals surface area contributed by atoms with Gasteiger partial charge in [-0.15, -0.1) is 11.3 Å². The smallest absolute Gasteiger partial charge is 0.262 e. The Morgan fingerprint density at radius 2 is 1.66 bits per heavy atom. The van der Waals surface area contributed by atoms with E-state index in [0.717, 1.165) is 11.3 Å². The van der Waals surface area contributed by atoms with Crippen LogP contribution in [0.2, 0.25) is 0 Å². The molecule has 2 atom stereocenters. The summed E-state index contributed by atoms with van der Waals surface area (Å²) in [5, 5.41) is -0.0556. The zero-order valence-electron chi connectivity index (χ0n) is 16.7. The van der Waals surface area contributed by atoms with Gasteiger partial charge in [0.1, 0.15) is 17.0 Å². The van der Waals surface area contributed by atoms with Crippen molar-refractivity contribution in [1.29, 1.82) is 0 Å². The predicted molar refractivity (Wildman–Crippen MR) is 126 cm³/mol. The predicted octanol–water partition coefficient (Wildman–Crippen LogP) is 4.44. The Hall–Kier alpha value is -3.23. The van der Waals surface area contributed by atoms with Gasteiger partial charge in [0.25, 0.3) is 5.24 Å². The highest BCUT2D eigenvalue weighted by atomic mass is 35.5. The maximum Gasteiger partial charge on any atom is 0.262 e. The summed E-state index contributed by atoms with van der Waals surface area (Å²) >= 11 is 6.92. The fraction of sp³-hybridized carbons (Fsp3) is 0.0833. The molecule has 2 unspecified atom stereocenters. The van der Waals surface area contributed by atoms with Crippen LogP contribution in [-0.2, 0) is 10.3 Å². The highest BCUT2D eigenvalue weighted by Gasteiger charge is 2.48. The van der Waals surface area contributed by atoms with E-state index in [1.165, 1.54) is 0 Å². The summed E-state index contributed by atoms with van der Waals surface area (Å²) in [7, 11) is 0. The number of thiophene rings is 1. The summed E-state index contributed by atoms with van der Waals surface area (Å²) in [4.78, 5) is 25.8. The molecule has 0 spiro atoms. The number of para-hydroxylation sites is 1. The van der Waals surface area contributed by atoms with Gasteiger partial charge in [-0.1, -0.05) is 36.4 Å². The van der Waals surface area contributed by atoms with Crippen LogP contribution in [0.4, 0.5) is 5.69 Å². The molecule has 0 amide bonds. The molecule has 0 saturated carbocycles. The SMILES string of the molecule is Nc1ccc2c3c(c(C(=O)Cl)sc13)C(N)C(=O)C2(N)c1ccc(Oc2ccccc2)cc1. The molecular weight excluding hydrogens is 446 g/mol. The van der Waals surface area contributed by atoms with Crippen LogP contribution in [0.25, 0.3) is 10.1 Å². The van der Waals surface area contributed by atoms with Crippen LogP contribution in [0.15, 0.2) is 66.7 Å². The molecule has 6 nitrogen and oxygen atoms in total. The van der Waals surface area contributed by atoms with Gasteiger partial charge in [-0.05, 0) is 53.1 Å². The largest absolute Gasteiger partial charge is 0.457 e. The molecule has 8 heteroatoms. The lowest BCUT2D eigenvalue weighted by Crippen LogP contribution is -2.52. The van der Waals surface area contributed by atoms with Gasteiger partial charge in [-0.3, -0.25) is 9.59 Å². The van der Waals surface area contributed by atoms with Crippen LogP contribution < -0.4 is 21.9 Å². The molecule has 6 N–H and O–H groups in total. The Labute approximate surface area is 192 Å². The molecule has 32 heavy (non-hydrogen) atoms. The third-order valence-corrected chi connectivity index (χ3v) is 7.33. The van der Waals surface area contributed by atoms with Crippen LogP contribution in [0.3, 0.4) is 0 Å². The van der Waals surface area contributed by atoms with Gasteiger partial charge >= 0.3 is 0 Å². The number of ketones is 1. The summed E-state index contributed by atoms with van der Waals surface area (Å²) in [6.45, 7) is 0. The lowest BCUT2D eigenvalue weighted by atomic mass is 9.70. The second kappa shape index (κ2) is 7.43. The number of rotatable bonds is 4. The molecule has 5 rings (SSSR count). The number of carbonyl (C=O) groups excluding carboxylic acids is 2. The second-order valence-electron chi connectivity index (χ2n) is 7.61. The van der Waals surface area contributed by atoms with Gasteiger partial charge < -0.3 is 21.9 Å². The van der Waals surface area contributed by atoms with Gasteiger partial charge in [0.05, 0.1) is 15.6 Å². The maximum absolute atomic E-state index is 13.5. The molecule has 0 radical (unpaired) electrons. The normalized spacial score (nSPS) is 19.8. The van der Waals surface area contributed by atoms with Crippen LogP contribution in [0.1, 0.15) is 32.4 Å². The standard InChI is InChI=1S/C24H18ClN3O3S/c25-23(30)21-18-17-15(10-11-16(26)20(17)32-21)24(28,22(29)19(18)27)12-6-8-14(9-7-12)31-13-4-2-1-3-5-13/h1-11,19H,26-28H2. The number of nitrogen functional groups attached to an aromatic ring is 1. The van der Waals surface area contributed by atoms with Crippen LogP contribution in [0, 0.1) is 0 Å². The van der Waals surface area contributed by atoms with Gasteiger partial charge in [-0.2, -0.15) is 0 Å². The number of hydrogen-bond donors (Lipinski definition) is 3. The summed E-state index contributed by atoms with van der Waals surface area (Å²) in [6.07, 6.45) is 0. The highest BCUT2D eigenvalue weighted by molar-refractivity contribution is 7.23. The van der Waals surface area contributed by atoms with Crippen LogP contribution >= 0.6 is 22.9 Å². The van der Waals surface area contributed by atoms with E-state index in [2.05, 4.69) is 0 Å². The zero-order chi connectivity index (χ0) is 22.6. The molecule has 1 aliphatic rings. The molecule has 1 heterocycles. The molecule has 0 fully saturated rings. The monoisotopic (exact) mass is 463 g/mol. The van der Waals surface area contributed by atoms with E-state index in [4.69, 9.17) is 33.5 Å². The fourth-order valence-corrected chi connectivity index (χ4v) is 5.58. The number of anilines is 1. The average molecular weight is 464 g/mol. The summed E-state index contributed by atoms with van der Waals surface area (Å²) < 4.78 is 6.49. The molecule has 0 aliphatic heterocycles. The first-order valence-corrected chi connectivity index (χ1v) is 11.0. The molecule has 1 aliphatic carbocycles. The Morgan fingerprint density at radius 1 is 1.00 bits per heavy atom. The number of ether oxygens (including phenoxy) is 1. The zero-order valence-corrected chi connectivity index (χ0v) is 18.2. The van der Waals surface area contributed by atoms with Crippen LogP contribution in [0.5, 0.6) is 11.5 Å². The first-order chi connectivity index (χ1) is 15.3. The van der Waals surface area contributed by atoms with Crippen molar-refractivity contribution < 1.29 is 14.3 Å². The molecule has 160 valence electrons. The molecule has 0 saturated heterocycles. The van der Waals surface area contributed by atoms with E-state index in [1.54, 1.807) is 36.4 Å². The first kappa shape index (κ1) is 20.7. The van der Waals surface area contributed by atoms with Crippen molar-refractivity contribution in [2.45, 2.75) is 11.6 Å². The third kappa shape index (κ3) is 2.94. The maximum atomic E-state index is 13.5. The Kier molecular flexibility index (Phi) is 4.79. The topological polar surface area (TPSA) is 121 Å². The third-order valence-electron chi connectivity index (χ3n) is 5.78. The number of nitrogens with two attached hydrogens (primary N) is 3. The lowest BCUT2D eigenvalue weighted by molar-refractivity contribution is -0.124. The minimum absolute atomic E-state index is 0.218. The summed E-state index contributed by atoms with van der Waals surface area (Å²) in [6, 6.07) is 18.6. The summed E-state index contributed by atoms with van der Waals surface area (Å²) in [5.74, 6) is 0.870. The molecule has 3 aromatic carbocycles. The first-order valence-electron chi connectivity index (χ1n) is 9.79. The minimum Gasteiger partial charge on any atom is -0.457 e. The number of hydrogen-bond acceptors (Lipinski definition) is 7. The van der Waals surface area contributed by atoms with E-state index in [-0.39, 0.29) is 4.88 Å². The van der Waals surface area contributed by atoms with Gasteiger partial charge in [-0.25, -0.2) is 0 Å². The van der Waals surface area contributed by atoms with Crippen molar-refractivity contribution in [2.75, 3.05) is 5.73 Å². The number of halogens is 1. The molecular formula is C24H18ClN3O3S. The Balaban J connectivity index is 1.66. The Morgan fingerprint density at radius 3 is 2.31 bits per heavy atom. The minimum atomic E-state index is -1.52. The van der Waals surface area contributed by atoms with Crippen molar-refractivity contribution in [1.82, 2.24) is 0 Å². The van der Waals surface area contributed by atoms with Crippen molar-refractivity contribution in [2.24, 2.45) is 11.5 Å². The average Bonchev–Trinajstić information content (AvgIpc) is 3.20. The van der Waals surface area contributed by atoms with Gasteiger partial charge in [0, 0.05) is 16.6 Å². The van der Waals surface area contributed by atoms with E-state index in [0.29, 0.717) is 44.0 Å². The Bertz CT molecular complexity index is 1390. The van der Waals surface area contributed by atoms with E-state index in [1.807, 2.05) is 30.3 Å². The fourth-order valence-electron chi connectivity index (χ4n) is 4.24. The molecule has 1 aromatic heterocycles. The number of carbonyl (C=O) groups is 2. The molecule has 0 bridgehead atoms. The van der Waals surface area contributed by atoms with Gasteiger partial charge in [0.2, 0.25) is 0 Å². The van der Waals surface area contributed by atoms with E-state index < -0.39 is 22.6 Å². The van der Waals surface area contributed by atoms with E-state index in [9.17, 15) is 9.59 Å². The van der Waals surface area contributed by atoms with Crippen molar-refractivity contribution in [3.05, 3.63) is 88.3 Å². The van der Waals surface area contributed by atoms with Crippen LogP contribution in [-0.4, -0.2) is 11.0 Å². The van der Waals surface area contributed by atoms with Crippen molar-refractivity contribution in [3.8, 4) is 11.5 Å². The second-order valence-corrected chi connectivity index (χ2v) is 8.98. The number of benzene rings is 3. The summed E-state index contributed by atoms with van der Waals surface area (Å²) in [5.41, 5.74) is 19.7. The number of Topliss-reactive ketones (excluding diaryl/α,β-unsaturated/α-hetero) is 1. The quantitative estimate of drug-likeness (QED) is 0.304. The molecule has 4 aromatic rings. The van der Waals surface area contributed by atoms with Gasteiger partial charge in [0.15, 0.2) is 5.78 Å². The highest BCUT2D eigenvalue weighted by Crippen LogP contribution is 2.49. The lowest BCUT2D eigenvalue weighted by Gasteiger charge is -2.36. The van der Waals surface area contributed by atoms with Crippen molar-refractivity contribution in [3.63, 3.8) is 0 Å². The van der Waals surface area contributed by atoms with Crippen molar-refractivity contribution >= 4 is 49.7 Å². The van der Waals surface area contributed by atoms with E-state index >= 15 is 0 Å².